The van der Waals surface area contributed by atoms with Crippen molar-refractivity contribution in [1.82, 2.24) is 0 Å². The number of aliphatic hydroxyl groups excluding tert-OH is 2. The van der Waals surface area contributed by atoms with Crippen LogP contribution in [0.5, 0.6) is 17.2 Å². The van der Waals surface area contributed by atoms with Crippen LogP contribution in [0, 0.1) is 0 Å². The minimum absolute atomic E-state index is 0.0205. The van der Waals surface area contributed by atoms with Crippen LogP contribution in [0.25, 0.3) is 0 Å². The molecule has 14 heteroatoms. The molecule has 47 heavy (non-hydrogen) atoms. The molecule has 0 saturated carbocycles. The number of hydrogen-bond acceptors (Lipinski definition) is 14. The SMILES string of the molecule is CC(=O)[C@@]1(O)Cc2c(O)c3c(c(O)c2[C@H](O[C@H]2C[C@@H](N)[C@@H](O[C@H](C[C@@H](C)O)O[C@@H](C)CO)[C@@H](C)O2)C1)C(=O)c1c(O)cccc1C3=O. The van der Waals surface area contributed by atoms with Gasteiger partial charge in [0.1, 0.15) is 29.0 Å². The van der Waals surface area contributed by atoms with Gasteiger partial charge in [-0.3, -0.25) is 14.4 Å². The minimum atomic E-state index is -2.07. The molecule has 0 spiro atoms. The first-order valence-corrected chi connectivity index (χ1v) is 15.5. The third kappa shape index (κ3) is 6.39. The van der Waals surface area contributed by atoms with Crippen molar-refractivity contribution in [3.05, 3.63) is 51.6 Å². The molecule has 1 heterocycles. The van der Waals surface area contributed by atoms with Gasteiger partial charge in [0.2, 0.25) is 5.78 Å². The second kappa shape index (κ2) is 13.2. The van der Waals surface area contributed by atoms with E-state index < -0.39 is 113 Å². The first kappa shape index (κ1) is 34.9. The highest BCUT2D eigenvalue weighted by molar-refractivity contribution is 6.31. The van der Waals surface area contributed by atoms with Gasteiger partial charge in [-0.15, -0.1) is 0 Å². The summed E-state index contributed by atoms with van der Waals surface area (Å²) in [7, 11) is 0. The van der Waals surface area contributed by atoms with Crippen LogP contribution in [0.2, 0.25) is 0 Å². The molecule has 0 bridgehead atoms. The summed E-state index contributed by atoms with van der Waals surface area (Å²) in [5, 5.41) is 64.2. The molecule has 9 atom stereocenters. The summed E-state index contributed by atoms with van der Waals surface area (Å²) in [6.07, 6.45) is -6.88. The third-order valence-electron chi connectivity index (χ3n) is 9.04. The molecule has 2 aliphatic carbocycles. The predicted molar refractivity (Wildman–Crippen MR) is 162 cm³/mol. The number of aromatic hydroxyl groups is 3. The summed E-state index contributed by atoms with van der Waals surface area (Å²) < 4.78 is 24.1. The van der Waals surface area contributed by atoms with Crippen molar-refractivity contribution in [1.29, 1.82) is 0 Å². The van der Waals surface area contributed by atoms with E-state index in [0.717, 1.165) is 6.92 Å². The van der Waals surface area contributed by atoms with Crippen molar-refractivity contribution in [3.8, 4) is 17.2 Å². The van der Waals surface area contributed by atoms with Gasteiger partial charge in [-0.25, -0.2) is 0 Å². The second-order valence-electron chi connectivity index (χ2n) is 12.7. The zero-order chi connectivity index (χ0) is 34.5. The van der Waals surface area contributed by atoms with Crippen LogP contribution in [0.4, 0.5) is 0 Å². The number of rotatable bonds is 10. The Hall–Kier alpha value is -3.47. The molecule has 2 aromatic rings. The molecular formula is C33H41NO13. The van der Waals surface area contributed by atoms with Gasteiger partial charge in [0, 0.05) is 48.4 Å². The maximum Gasteiger partial charge on any atom is 0.202 e. The van der Waals surface area contributed by atoms with E-state index in [4.69, 9.17) is 24.7 Å². The molecule has 2 aromatic carbocycles. The van der Waals surface area contributed by atoms with Crippen molar-refractivity contribution < 1.29 is 64.0 Å². The minimum Gasteiger partial charge on any atom is -0.507 e. The van der Waals surface area contributed by atoms with Gasteiger partial charge in [-0.1, -0.05) is 12.1 Å². The van der Waals surface area contributed by atoms with E-state index in [2.05, 4.69) is 0 Å². The zero-order valence-corrected chi connectivity index (χ0v) is 26.5. The number of phenols is 3. The summed E-state index contributed by atoms with van der Waals surface area (Å²) in [6.45, 7) is 5.76. The number of Topliss-reactive ketones (excluding diaryl/α,β-unsaturated/α-hetero) is 1. The van der Waals surface area contributed by atoms with E-state index in [0.29, 0.717) is 0 Å². The first-order chi connectivity index (χ1) is 22.1. The number of nitrogens with two attached hydrogens (primary N) is 1. The molecule has 256 valence electrons. The number of carbonyl (C=O) groups is 3. The van der Waals surface area contributed by atoms with Crippen molar-refractivity contribution in [2.75, 3.05) is 6.61 Å². The van der Waals surface area contributed by atoms with Crippen molar-refractivity contribution in [2.24, 2.45) is 5.73 Å². The Morgan fingerprint density at radius 2 is 1.79 bits per heavy atom. The lowest BCUT2D eigenvalue weighted by atomic mass is 9.72. The molecule has 1 saturated heterocycles. The Bertz CT molecular complexity index is 1560. The van der Waals surface area contributed by atoms with Gasteiger partial charge in [0.05, 0.1) is 47.7 Å². The smallest absolute Gasteiger partial charge is 0.202 e. The Morgan fingerprint density at radius 1 is 1.11 bits per heavy atom. The molecule has 5 rings (SSSR count). The highest BCUT2D eigenvalue weighted by atomic mass is 16.7. The standard InChI is InChI=1S/C33H41NO13/c1-13(36)8-22(44-14(2)12-35)47-32-15(3)45-23(9-19(32)34)46-21-11-33(43,16(4)37)10-18-25(21)31(42)27-26(29(18)40)28(39)17-6-5-7-20(38)24(17)30(27)41/h5-7,13-15,19,21-23,32,35-36,38,40,42-43H,8-12,34H2,1-4H3/t13-,14+,15-,19-,21-,22-,23+,32+,33-/m1/s1. The lowest BCUT2D eigenvalue weighted by Crippen LogP contribution is -2.55. The van der Waals surface area contributed by atoms with Gasteiger partial charge in [-0.05, 0) is 33.8 Å². The van der Waals surface area contributed by atoms with Crippen LogP contribution >= 0.6 is 0 Å². The molecule has 14 nitrogen and oxygen atoms in total. The van der Waals surface area contributed by atoms with Crippen LogP contribution in [0.1, 0.15) is 96.0 Å². The number of hydrogen-bond donors (Lipinski definition) is 7. The van der Waals surface area contributed by atoms with E-state index in [1.807, 2.05) is 0 Å². The highest BCUT2D eigenvalue weighted by Crippen LogP contribution is 2.52. The molecule has 0 amide bonds. The average molecular weight is 660 g/mol. The van der Waals surface area contributed by atoms with E-state index >= 15 is 0 Å². The van der Waals surface area contributed by atoms with Gasteiger partial charge < -0.3 is 55.3 Å². The quantitative estimate of drug-likeness (QED) is 0.120. The number of carbonyl (C=O) groups excluding carboxylic acids is 3. The van der Waals surface area contributed by atoms with Crippen LogP contribution in [-0.4, -0.2) is 103 Å². The molecule has 0 aromatic heterocycles. The number of phenolic OH excluding ortho intramolecular Hbond substituents is 3. The number of aliphatic hydroxyl groups is 3. The molecule has 1 aliphatic heterocycles. The second-order valence-corrected chi connectivity index (χ2v) is 12.7. The van der Waals surface area contributed by atoms with Crippen molar-refractivity contribution in [3.63, 3.8) is 0 Å². The van der Waals surface area contributed by atoms with E-state index in [-0.39, 0.29) is 41.7 Å². The summed E-state index contributed by atoms with van der Waals surface area (Å²) in [5.41, 5.74) is 2.60. The fourth-order valence-electron chi connectivity index (χ4n) is 6.60. The summed E-state index contributed by atoms with van der Waals surface area (Å²) >= 11 is 0. The van der Waals surface area contributed by atoms with Crippen LogP contribution in [-0.2, 0) is 30.2 Å². The zero-order valence-electron chi connectivity index (χ0n) is 26.5. The number of ether oxygens (including phenoxy) is 4. The average Bonchev–Trinajstić information content (AvgIpc) is 2.98. The van der Waals surface area contributed by atoms with Crippen LogP contribution in [0.15, 0.2) is 18.2 Å². The van der Waals surface area contributed by atoms with E-state index in [1.54, 1.807) is 20.8 Å². The van der Waals surface area contributed by atoms with Crippen LogP contribution in [0.3, 0.4) is 0 Å². The van der Waals surface area contributed by atoms with Crippen molar-refractivity contribution >= 4 is 17.3 Å². The molecule has 8 N–H and O–H groups in total. The normalized spacial score (nSPS) is 29.0. The first-order valence-electron chi connectivity index (χ1n) is 15.5. The third-order valence-corrected chi connectivity index (χ3v) is 9.04. The summed E-state index contributed by atoms with van der Waals surface area (Å²) in [5.74, 6) is -4.26. The summed E-state index contributed by atoms with van der Waals surface area (Å²) in [4.78, 5) is 39.8. The van der Waals surface area contributed by atoms with Gasteiger partial charge in [-0.2, -0.15) is 0 Å². The molecule has 1 fully saturated rings. The topological polar surface area (TPSA) is 236 Å². The highest BCUT2D eigenvalue weighted by Gasteiger charge is 2.49. The Kier molecular flexibility index (Phi) is 9.79. The lowest BCUT2D eigenvalue weighted by Gasteiger charge is -2.43. The summed E-state index contributed by atoms with van der Waals surface area (Å²) in [6, 6.07) is 3.17. The molecular weight excluding hydrogens is 618 g/mol. The largest absolute Gasteiger partial charge is 0.507 e. The Labute approximate surface area is 270 Å². The van der Waals surface area contributed by atoms with Gasteiger partial charge in [0.25, 0.3) is 0 Å². The van der Waals surface area contributed by atoms with E-state index in [9.17, 15) is 45.0 Å². The monoisotopic (exact) mass is 659 g/mol. The Balaban J connectivity index is 1.48. The Morgan fingerprint density at radius 3 is 2.40 bits per heavy atom. The van der Waals surface area contributed by atoms with Crippen LogP contribution < -0.4 is 5.73 Å². The lowest BCUT2D eigenvalue weighted by molar-refractivity contribution is -0.285. The maximum atomic E-state index is 13.6. The van der Waals surface area contributed by atoms with Gasteiger partial charge >= 0.3 is 0 Å². The van der Waals surface area contributed by atoms with Gasteiger partial charge in [0.15, 0.2) is 24.1 Å². The number of benzene rings is 2. The van der Waals surface area contributed by atoms with E-state index in [1.165, 1.54) is 18.2 Å². The fraction of sp³-hybridized carbons (Fsp3) is 0.545. The number of ketones is 3. The van der Waals surface area contributed by atoms with Crippen molar-refractivity contribution in [2.45, 2.75) is 108 Å². The molecule has 0 unspecified atom stereocenters. The predicted octanol–water partition coefficient (Wildman–Crippen LogP) is 1.24. The number of fused-ring (bicyclic) bond motifs is 3. The molecule has 0 radical (unpaired) electrons. The fourth-order valence-corrected chi connectivity index (χ4v) is 6.60. The molecule has 3 aliphatic rings. The maximum absolute atomic E-state index is 13.6.